The van der Waals surface area contributed by atoms with Gasteiger partial charge in [0.2, 0.25) is 12.7 Å². The zero-order chi connectivity index (χ0) is 20.8. The Morgan fingerprint density at radius 1 is 1.31 bits per heavy atom. The molecule has 3 heterocycles. The Hall–Kier alpha value is -3.14. The number of carbonyl (C=O) groups is 3. The fourth-order valence-electron chi connectivity index (χ4n) is 3.15. The number of hydrogen-bond donors (Lipinski definition) is 2. The summed E-state index contributed by atoms with van der Waals surface area (Å²) in [5.41, 5.74) is 0.840. The number of hydrogen-bond acceptors (Lipinski definition) is 7. The van der Waals surface area contributed by atoms with Gasteiger partial charge in [-0.05, 0) is 38.5 Å². The molecule has 0 bridgehead atoms. The zero-order valence-corrected chi connectivity index (χ0v) is 17.0. The van der Waals surface area contributed by atoms with Crippen LogP contribution in [0.25, 0.3) is 0 Å². The lowest BCUT2D eigenvalue weighted by Gasteiger charge is -2.15. The molecule has 0 aliphatic carbocycles. The maximum atomic E-state index is 12.3. The molecule has 0 unspecified atom stereocenters. The van der Waals surface area contributed by atoms with E-state index in [-0.39, 0.29) is 13.3 Å². The quantitative estimate of drug-likeness (QED) is 0.722. The first-order chi connectivity index (χ1) is 13.7. The third-order valence-corrected chi connectivity index (χ3v) is 5.76. The number of aryl methyl sites for hydroxylation is 1. The molecule has 4 amide bonds. The molecule has 10 heteroatoms. The molecule has 1 saturated heterocycles. The second-order valence-corrected chi connectivity index (χ2v) is 8.47. The van der Waals surface area contributed by atoms with E-state index in [0.29, 0.717) is 11.6 Å². The number of imide groups is 1. The van der Waals surface area contributed by atoms with Crippen molar-refractivity contribution >= 4 is 34.3 Å². The summed E-state index contributed by atoms with van der Waals surface area (Å²) in [6.45, 7) is 4.93. The van der Waals surface area contributed by atoms with E-state index in [1.807, 2.05) is 25.1 Å². The lowest BCUT2D eigenvalue weighted by Crippen LogP contribution is -2.41. The first-order valence-electron chi connectivity index (χ1n) is 9.02. The minimum Gasteiger partial charge on any atom is -0.454 e. The zero-order valence-electron chi connectivity index (χ0n) is 16.2. The fourth-order valence-corrected chi connectivity index (χ4v) is 4.16. The maximum Gasteiger partial charge on any atom is 0.325 e. The number of rotatable bonds is 5. The second kappa shape index (κ2) is 7.03. The third-order valence-electron chi connectivity index (χ3n) is 4.69. The molecular weight excluding hydrogens is 396 g/mol. The summed E-state index contributed by atoms with van der Waals surface area (Å²) in [6.07, 6.45) is 0.636. The highest BCUT2D eigenvalue weighted by atomic mass is 32.1. The topological polar surface area (TPSA) is 110 Å². The summed E-state index contributed by atoms with van der Waals surface area (Å²) in [4.78, 5) is 42.7. The van der Waals surface area contributed by atoms with Crippen LogP contribution in [-0.2, 0) is 16.0 Å². The van der Waals surface area contributed by atoms with Crippen molar-refractivity contribution in [2.24, 2.45) is 0 Å². The van der Waals surface area contributed by atoms with Crippen molar-refractivity contribution in [3.05, 3.63) is 34.3 Å². The van der Waals surface area contributed by atoms with Gasteiger partial charge in [-0.25, -0.2) is 9.78 Å². The van der Waals surface area contributed by atoms with E-state index in [0.717, 1.165) is 32.5 Å². The number of benzene rings is 1. The lowest BCUT2D eigenvalue weighted by molar-refractivity contribution is -0.132. The van der Waals surface area contributed by atoms with Crippen LogP contribution in [0.15, 0.2) is 18.2 Å². The number of fused-ring (bicyclic) bond motifs is 1. The highest BCUT2D eigenvalue weighted by molar-refractivity contribution is 7.15. The Morgan fingerprint density at radius 2 is 2.07 bits per heavy atom. The van der Waals surface area contributed by atoms with Crippen molar-refractivity contribution in [3.63, 3.8) is 0 Å². The molecule has 0 saturated carbocycles. The highest BCUT2D eigenvalue weighted by Crippen LogP contribution is 2.34. The molecule has 2 aliphatic rings. The normalized spacial score (nSPS) is 16.9. The van der Waals surface area contributed by atoms with Crippen LogP contribution in [0.4, 0.5) is 9.93 Å². The minimum atomic E-state index is -1.01. The Balaban J connectivity index is 1.41. The maximum absolute atomic E-state index is 12.3. The SMILES string of the molecule is Cc1nc(NC(=O)CN2C(=O)NC(C)(C)C2=O)sc1Cc1ccc2c(c1)OCO2. The molecule has 0 spiro atoms. The number of thiazole rings is 1. The predicted molar refractivity (Wildman–Crippen MR) is 105 cm³/mol. The van der Waals surface area contributed by atoms with Gasteiger partial charge in [-0.15, -0.1) is 11.3 Å². The number of nitrogens with zero attached hydrogens (tertiary/aromatic N) is 2. The summed E-state index contributed by atoms with van der Waals surface area (Å²) < 4.78 is 10.7. The largest absolute Gasteiger partial charge is 0.454 e. The molecule has 2 N–H and O–H groups in total. The van der Waals surface area contributed by atoms with Crippen LogP contribution in [0.5, 0.6) is 11.5 Å². The number of aromatic nitrogens is 1. The van der Waals surface area contributed by atoms with Crippen LogP contribution < -0.4 is 20.1 Å². The predicted octanol–water partition coefficient (Wildman–Crippen LogP) is 2.04. The molecule has 1 aromatic carbocycles. The second-order valence-electron chi connectivity index (χ2n) is 7.39. The van der Waals surface area contributed by atoms with E-state index in [4.69, 9.17) is 9.47 Å². The molecule has 0 radical (unpaired) electrons. The Kier molecular flexibility index (Phi) is 4.65. The molecule has 1 aromatic heterocycles. The summed E-state index contributed by atoms with van der Waals surface area (Å²) >= 11 is 1.36. The van der Waals surface area contributed by atoms with Gasteiger partial charge in [0, 0.05) is 11.3 Å². The van der Waals surface area contributed by atoms with E-state index >= 15 is 0 Å². The number of amides is 4. The Bertz CT molecular complexity index is 1020. The minimum absolute atomic E-state index is 0.225. The van der Waals surface area contributed by atoms with Gasteiger partial charge >= 0.3 is 6.03 Å². The highest BCUT2D eigenvalue weighted by Gasteiger charge is 2.44. The lowest BCUT2D eigenvalue weighted by atomic mass is 10.1. The van der Waals surface area contributed by atoms with Gasteiger partial charge in [-0.1, -0.05) is 6.07 Å². The van der Waals surface area contributed by atoms with Crippen molar-refractivity contribution in [2.45, 2.75) is 32.7 Å². The number of urea groups is 1. The first-order valence-corrected chi connectivity index (χ1v) is 9.83. The molecule has 2 aliphatic heterocycles. The van der Waals surface area contributed by atoms with Gasteiger partial charge in [0.15, 0.2) is 16.6 Å². The molecule has 1 fully saturated rings. The van der Waals surface area contributed by atoms with Crippen molar-refractivity contribution in [1.29, 1.82) is 0 Å². The average molecular weight is 416 g/mol. The molecule has 2 aromatic rings. The number of carbonyl (C=O) groups excluding carboxylic acids is 3. The van der Waals surface area contributed by atoms with Crippen LogP contribution in [0.3, 0.4) is 0 Å². The van der Waals surface area contributed by atoms with Crippen molar-refractivity contribution < 1.29 is 23.9 Å². The van der Waals surface area contributed by atoms with E-state index < -0.39 is 23.4 Å². The van der Waals surface area contributed by atoms with Crippen LogP contribution in [0.1, 0.15) is 30.0 Å². The number of nitrogens with one attached hydrogen (secondary N) is 2. The monoisotopic (exact) mass is 416 g/mol. The van der Waals surface area contributed by atoms with Crippen LogP contribution in [-0.4, -0.2) is 46.6 Å². The molecule has 152 valence electrons. The van der Waals surface area contributed by atoms with Gasteiger partial charge in [-0.3, -0.25) is 14.5 Å². The van der Waals surface area contributed by atoms with Crippen LogP contribution >= 0.6 is 11.3 Å². The van der Waals surface area contributed by atoms with Gasteiger partial charge < -0.3 is 20.1 Å². The molecule has 0 atom stereocenters. The Labute approximate surface area is 171 Å². The standard InChI is InChI=1S/C19H20N4O5S/c1-10-14(7-11-4-5-12-13(6-11)28-9-27-12)29-17(20-10)21-15(24)8-23-16(25)19(2,3)22-18(23)26/h4-6H,7-9H2,1-3H3,(H,22,26)(H,20,21,24). The smallest absolute Gasteiger partial charge is 0.325 e. The van der Waals surface area contributed by atoms with E-state index in [2.05, 4.69) is 15.6 Å². The number of ether oxygens (including phenoxy) is 2. The van der Waals surface area contributed by atoms with Gasteiger partial charge in [-0.2, -0.15) is 0 Å². The van der Waals surface area contributed by atoms with Crippen molar-refractivity contribution in [1.82, 2.24) is 15.2 Å². The summed E-state index contributed by atoms with van der Waals surface area (Å²) in [6, 6.07) is 5.19. The van der Waals surface area contributed by atoms with Gasteiger partial charge in [0.25, 0.3) is 5.91 Å². The molecular formula is C19H20N4O5S. The van der Waals surface area contributed by atoms with Crippen molar-refractivity contribution in [3.8, 4) is 11.5 Å². The first kappa shape index (κ1) is 19.2. The van der Waals surface area contributed by atoms with E-state index in [1.54, 1.807) is 13.8 Å². The van der Waals surface area contributed by atoms with Crippen LogP contribution in [0.2, 0.25) is 0 Å². The Morgan fingerprint density at radius 3 is 2.79 bits per heavy atom. The molecule has 29 heavy (non-hydrogen) atoms. The van der Waals surface area contributed by atoms with Crippen molar-refractivity contribution in [2.75, 3.05) is 18.7 Å². The van der Waals surface area contributed by atoms with Gasteiger partial charge in [0.05, 0.1) is 5.69 Å². The van der Waals surface area contributed by atoms with Gasteiger partial charge in [0.1, 0.15) is 12.1 Å². The molecule has 9 nitrogen and oxygen atoms in total. The average Bonchev–Trinajstić information content (AvgIpc) is 3.29. The summed E-state index contributed by atoms with van der Waals surface area (Å²) in [5, 5.41) is 5.65. The number of anilines is 1. The molecule has 4 rings (SSSR count). The fraction of sp³-hybridized carbons (Fsp3) is 0.368. The van der Waals surface area contributed by atoms with E-state index in [9.17, 15) is 14.4 Å². The summed E-state index contributed by atoms with van der Waals surface area (Å²) in [5.74, 6) is 0.534. The van der Waals surface area contributed by atoms with E-state index in [1.165, 1.54) is 11.3 Å². The summed E-state index contributed by atoms with van der Waals surface area (Å²) in [7, 11) is 0. The third kappa shape index (κ3) is 3.75. The van der Waals surface area contributed by atoms with Crippen LogP contribution in [0, 0.1) is 6.92 Å².